The maximum Gasteiger partial charge on any atom is 0.233 e. The third-order valence-corrected chi connectivity index (χ3v) is 5.39. The summed E-state index contributed by atoms with van der Waals surface area (Å²) in [6, 6.07) is 14.5. The zero-order valence-electron chi connectivity index (χ0n) is 14.8. The molecule has 1 N–H and O–H groups in total. The lowest BCUT2D eigenvalue weighted by Gasteiger charge is -2.33. The fourth-order valence-electron chi connectivity index (χ4n) is 4.31. The van der Waals surface area contributed by atoms with E-state index in [1.54, 1.807) is 7.11 Å². The Bertz CT molecular complexity index is 785. The first kappa shape index (κ1) is 16.2. The van der Waals surface area contributed by atoms with Gasteiger partial charge in [-0.2, -0.15) is 0 Å². The number of benzene rings is 2. The van der Waals surface area contributed by atoms with Crippen LogP contribution in [0, 0.1) is 0 Å². The number of methoxy groups -OCH3 is 1. The number of amides is 1. The highest BCUT2D eigenvalue weighted by molar-refractivity contribution is 6.04. The monoisotopic (exact) mass is 336 g/mol. The van der Waals surface area contributed by atoms with E-state index in [1.807, 2.05) is 18.2 Å². The number of hydrogen-bond acceptors (Lipinski definition) is 3. The molecule has 2 aromatic rings. The van der Waals surface area contributed by atoms with Crippen LogP contribution in [-0.2, 0) is 11.2 Å². The quantitative estimate of drug-likeness (QED) is 0.925. The lowest BCUT2D eigenvalue weighted by molar-refractivity contribution is -0.118. The summed E-state index contributed by atoms with van der Waals surface area (Å²) < 4.78 is 5.30. The number of rotatable bonds is 4. The van der Waals surface area contributed by atoms with Crippen LogP contribution >= 0.6 is 0 Å². The average molecular weight is 336 g/mol. The molecule has 0 saturated heterocycles. The molecule has 0 bridgehead atoms. The van der Waals surface area contributed by atoms with Crippen LogP contribution in [0.15, 0.2) is 42.5 Å². The highest BCUT2D eigenvalue weighted by atomic mass is 16.5. The Balaban J connectivity index is 1.83. The van der Waals surface area contributed by atoms with Crippen LogP contribution in [0.1, 0.15) is 42.0 Å². The van der Waals surface area contributed by atoms with Crippen LogP contribution in [0.4, 0.5) is 5.69 Å². The van der Waals surface area contributed by atoms with Gasteiger partial charge in [-0.1, -0.05) is 31.2 Å². The molecule has 4 heteroatoms. The molecule has 0 saturated carbocycles. The Morgan fingerprint density at radius 3 is 2.72 bits per heavy atom. The van der Waals surface area contributed by atoms with E-state index in [2.05, 4.69) is 41.4 Å². The first-order valence-corrected chi connectivity index (χ1v) is 9.03. The molecule has 0 radical (unpaired) electrons. The van der Waals surface area contributed by atoms with E-state index in [4.69, 9.17) is 4.74 Å². The lowest BCUT2D eigenvalue weighted by atomic mass is 9.85. The first-order valence-electron chi connectivity index (χ1n) is 9.03. The minimum absolute atomic E-state index is 0.0655. The van der Waals surface area contributed by atoms with Gasteiger partial charge in [-0.15, -0.1) is 0 Å². The van der Waals surface area contributed by atoms with Crippen molar-refractivity contribution in [3.8, 4) is 5.75 Å². The third-order valence-electron chi connectivity index (χ3n) is 5.39. The Morgan fingerprint density at radius 1 is 1.20 bits per heavy atom. The van der Waals surface area contributed by atoms with E-state index in [0.29, 0.717) is 0 Å². The van der Waals surface area contributed by atoms with Crippen molar-refractivity contribution in [2.75, 3.05) is 25.5 Å². The summed E-state index contributed by atoms with van der Waals surface area (Å²) in [5.41, 5.74) is 4.67. The molecule has 1 amide bonds. The van der Waals surface area contributed by atoms with Gasteiger partial charge in [0.1, 0.15) is 5.75 Å². The maximum absolute atomic E-state index is 12.9. The Morgan fingerprint density at radius 2 is 2.00 bits per heavy atom. The van der Waals surface area contributed by atoms with Crippen molar-refractivity contribution in [3.05, 3.63) is 59.2 Å². The van der Waals surface area contributed by atoms with Gasteiger partial charge < -0.3 is 10.1 Å². The summed E-state index contributed by atoms with van der Waals surface area (Å²) in [7, 11) is 1.68. The van der Waals surface area contributed by atoms with Gasteiger partial charge in [0.2, 0.25) is 5.91 Å². The molecule has 0 aliphatic carbocycles. The fourth-order valence-corrected chi connectivity index (χ4v) is 4.31. The number of anilines is 1. The second-order valence-corrected chi connectivity index (χ2v) is 6.85. The minimum atomic E-state index is -0.145. The smallest absolute Gasteiger partial charge is 0.233 e. The van der Waals surface area contributed by atoms with Crippen molar-refractivity contribution in [2.24, 2.45) is 0 Å². The normalized spacial score (nSPS) is 22.2. The van der Waals surface area contributed by atoms with Crippen LogP contribution in [0.5, 0.6) is 5.75 Å². The molecule has 2 atom stereocenters. The average Bonchev–Trinajstić information content (AvgIpc) is 2.86. The van der Waals surface area contributed by atoms with Gasteiger partial charge in [0.15, 0.2) is 0 Å². The fraction of sp³-hybridized carbons (Fsp3) is 0.381. The predicted molar refractivity (Wildman–Crippen MR) is 99.1 cm³/mol. The number of hydrogen-bond donors (Lipinski definition) is 1. The van der Waals surface area contributed by atoms with Gasteiger partial charge in [0, 0.05) is 12.2 Å². The molecule has 0 spiro atoms. The van der Waals surface area contributed by atoms with E-state index >= 15 is 0 Å². The number of nitrogens with one attached hydrogen (secondary N) is 1. The van der Waals surface area contributed by atoms with Gasteiger partial charge >= 0.3 is 0 Å². The third kappa shape index (κ3) is 2.71. The molecule has 2 aliphatic heterocycles. The van der Waals surface area contributed by atoms with E-state index in [-0.39, 0.29) is 17.9 Å². The van der Waals surface area contributed by atoms with Crippen LogP contribution in [0.3, 0.4) is 0 Å². The van der Waals surface area contributed by atoms with Crippen molar-refractivity contribution in [1.29, 1.82) is 0 Å². The van der Waals surface area contributed by atoms with Gasteiger partial charge in [0.05, 0.1) is 19.1 Å². The van der Waals surface area contributed by atoms with Crippen LogP contribution in [0.25, 0.3) is 0 Å². The summed E-state index contributed by atoms with van der Waals surface area (Å²) in [6.07, 6.45) is 2.06. The van der Waals surface area contributed by atoms with Gasteiger partial charge in [-0.05, 0) is 54.3 Å². The van der Waals surface area contributed by atoms with Crippen LogP contribution in [-0.4, -0.2) is 31.0 Å². The maximum atomic E-state index is 12.9. The zero-order valence-corrected chi connectivity index (χ0v) is 14.8. The second-order valence-electron chi connectivity index (χ2n) is 6.85. The molecule has 130 valence electrons. The highest BCUT2D eigenvalue weighted by Crippen LogP contribution is 2.47. The second kappa shape index (κ2) is 6.52. The molecular formula is C21H24N2O2. The van der Waals surface area contributed by atoms with E-state index < -0.39 is 0 Å². The van der Waals surface area contributed by atoms with Crippen molar-refractivity contribution in [2.45, 2.75) is 31.7 Å². The molecule has 0 fully saturated rings. The summed E-state index contributed by atoms with van der Waals surface area (Å²) in [6.45, 7) is 4.16. The van der Waals surface area contributed by atoms with E-state index in [9.17, 15) is 4.79 Å². The van der Waals surface area contributed by atoms with Crippen LogP contribution in [0.2, 0.25) is 0 Å². The Labute approximate surface area is 148 Å². The highest BCUT2D eigenvalue weighted by Gasteiger charge is 2.43. The summed E-state index contributed by atoms with van der Waals surface area (Å²) in [5, 5.41) is 3.10. The molecule has 2 heterocycles. The van der Waals surface area contributed by atoms with Crippen molar-refractivity contribution in [1.82, 2.24) is 4.90 Å². The minimum Gasteiger partial charge on any atom is -0.497 e. The molecule has 2 aliphatic rings. The predicted octanol–water partition coefficient (Wildman–Crippen LogP) is 3.74. The number of carbonyl (C=O) groups excluding carboxylic acids is 1. The molecule has 0 unspecified atom stereocenters. The molecule has 25 heavy (non-hydrogen) atoms. The number of nitrogens with zero attached hydrogens (tertiary/aromatic N) is 1. The molecule has 4 rings (SSSR count). The SMILES string of the molecule is CCCN1CCc2cccc3c2[C@@H](C(=O)N3)[C@H]1c1ccc(OC)cc1. The van der Waals surface area contributed by atoms with E-state index in [1.165, 1.54) is 16.7 Å². The molecular weight excluding hydrogens is 312 g/mol. The number of carbonyl (C=O) groups is 1. The molecule has 0 aromatic heterocycles. The largest absolute Gasteiger partial charge is 0.497 e. The summed E-state index contributed by atoms with van der Waals surface area (Å²) in [5.74, 6) is 0.816. The van der Waals surface area contributed by atoms with Crippen molar-refractivity contribution < 1.29 is 9.53 Å². The van der Waals surface area contributed by atoms with Gasteiger partial charge in [-0.25, -0.2) is 0 Å². The van der Waals surface area contributed by atoms with Crippen molar-refractivity contribution >= 4 is 11.6 Å². The summed E-state index contributed by atoms with van der Waals surface area (Å²) >= 11 is 0. The Kier molecular flexibility index (Phi) is 4.22. The molecule has 4 nitrogen and oxygen atoms in total. The van der Waals surface area contributed by atoms with Crippen LogP contribution < -0.4 is 10.1 Å². The zero-order chi connectivity index (χ0) is 17.4. The summed E-state index contributed by atoms with van der Waals surface area (Å²) in [4.78, 5) is 15.4. The van der Waals surface area contributed by atoms with E-state index in [0.717, 1.165) is 37.4 Å². The first-order chi connectivity index (χ1) is 12.2. The van der Waals surface area contributed by atoms with Gasteiger partial charge in [-0.3, -0.25) is 9.69 Å². The molecule has 2 aromatic carbocycles. The topological polar surface area (TPSA) is 41.6 Å². The van der Waals surface area contributed by atoms with Crippen molar-refractivity contribution in [3.63, 3.8) is 0 Å². The standard InChI is InChI=1S/C21H24N2O2/c1-3-12-23-13-11-14-5-4-6-17-18(14)19(21(24)22-17)20(23)15-7-9-16(25-2)10-8-15/h4-10,19-20H,3,11-13H2,1-2H3,(H,22,24)/t19-,20-/m1/s1. The number of ether oxygens (including phenoxy) is 1. The lowest BCUT2D eigenvalue weighted by Crippen LogP contribution is -2.35. The van der Waals surface area contributed by atoms with Gasteiger partial charge in [0.25, 0.3) is 0 Å². The Hall–Kier alpha value is -2.33.